The van der Waals surface area contributed by atoms with E-state index in [4.69, 9.17) is 11.5 Å². The summed E-state index contributed by atoms with van der Waals surface area (Å²) in [6, 6.07) is 0. The Hall–Kier alpha value is -1.54. The van der Waals surface area contributed by atoms with Crippen molar-refractivity contribution in [3.05, 3.63) is 0 Å². The van der Waals surface area contributed by atoms with Gasteiger partial charge < -0.3 is 15.7 Å². The number of terminal acetylenes is 1. The molecular weight excluding hydrogens is 232 g/mol. The smallest absolute Gasteiger partial charge is 0.306 e. The number of carbonyl (C=O) groups is 2. The van der Waals surface area contributed by atoms with Crippen molar-refractivity contribution >= 4 is 11.9 Å². The van der Waals surface area contributed by atoms with Gasteiger partial charge in [-0.15, -0.1) is 6.42 Å². The lowest BCUT2D eigenvalue weighted by molar-refractivity contribution is -0.143. The van der Waals surface area contributed by atoms with Gasteiger partial charge >= 0.3 is 5.97 Å². The number of carbonyl (C=O) groups excluding carboxylic acids is 1. The molecule has 0 aromatic carbocycles. The SMILES string of the molecule is C#CCNC(=O)CNCC1CCC(C(=O)O)CC1. The van der Waals surface area contributed by atoms with Gasteiger partial charge in [0.1, 0.15) is 0 Å². The van der Waals surface area contributed by atoms with Crippen molar-refractivity contribution in [2.75, 3.05) is 19.6 Å². The first-order valence-electron chi connectivity index (χ1n) is 6.27. The molecule has 3 N–H and O–H groups in total. The van der Waals surface area contributed by atoms with E-state index in [0.717, 1.165) is 32.2 Å². The average molecular weight is 252 g/mol. The Morgan fingerprint density at radius 1 is 1.28 bits per heavy atom. The highest BCUT2D eigenvalue weighted by atomic mass is 16.4. The Morgan fingerprint density at radius 2 is 1.94 bits per heavy atom. The quantitative estimate of drug-likeness (QED) is 0.591. The summed E-state index contributed by atoms with van der Waals surface area (Å²) in [5.74, 6) is 1.84. The van der Waals surface area contributed by atoms with E-state index < -0.39 is 5.97 Å². The van der Waals surface area contributed by atoms with Crippen molar-refractivity contribution in [2.45, 2.75) is 25.7 Å². The van der Waals surface area contributed by atoms with Crippen LogP contribution in [0.25, 0.3) is 0 Å². The van der Waals surface area contributed by atoms with Crippen LogP contribution in [0.4, 0.5) is 0 Å². The zero-order valence-corrected chi connectivity index (χ0v) is 10.4. The lowest BCUT2D eigenvalue weighted by atomic mass is 9.82. The highest BCUT2D eigenvalue weighted by molar-refractivity contribution is 5.78. The van der Waals surface area contributed by atoms with Crippen molar-refractivity contribution in [1.82, 2.24) is 10.6 Å². The third-order valence-electron chi connectivity index (χ3n) is 3.30. The summed E-state index contributed by atoms with van der Waals surface area (Å²) in [7, 11) is 0. The van der Waals surface area contributed by atoms with Crippen molar-refractivity contribution in [3.8, 4) is 12.3 Å². The van der Waals surface area contributed by atoms with Gasteiger partial charge in [-0.1, -0.05) is 5.92 Å². The minimum Gasteiger partial charge on any atom is -0.481 e. The van der Waals surface area contributed by atoms with Gasteiger partial charge in [0.2, 0.25) is 5.91 Å². The van der Waals surface area contributed by atoms with E-state index in [0.29, 0.717) is 5.92 Å². The molecule has 0 bridgehead atoms. The minimum absolute atomic E-state index is 0.104. The molecule has 0 spiro atoms. The molecule has 0 unspecified atom stereocenters. The number of hydrogen-bond donors (Lipinski definition) is 3. The average Bonchev–Trinajstić information content (AvgIpc) is 2.37. The lowest BCUT2D eigenvalue weighted by Crippen LogP contribution is -2.37. The monoisotopic (exact) mass is 252 g/mol. The number of carboxylic acid groups (broad SMARTS) is 1. The van der Waals surface area contributed by atoms with Crippen LogP contribution in [0.5, 0.6) is 0 Å². The molecule has 5 nitrogen and oxygen atoms in total. The second-order valence-corrected chi connectivity index (χ2v) is 4.67. The molecule has 1 fully saturated rings. The van der Waals surface area contributed by atoms with Crippen molar-refractivity contribution in [3.63, 3.8) is 0 Å². The van der Waals surface area contributed by atoms with Gasteiger partial charge in [0.05, 0.1) is 19.0 Å². The molecule has 0 heterocycles. The summed E-state index contributed by atoms with van der Waals surface area (Å²) in [4.78, 5) is 22.0. The fourth-order valence-corrected chi connectivity index (χ4v) is 2.22. The van der Waals surface area contributed by atoms with Crippen LogP contribution in [0.15, 0.2) is 0 Å². The molecule has 0 atom stereocenters. The van der Waals surface area contributed by atoms with Crippen LogP contribution in [0.3, 0.4) is 0 Å². The predicted octanol–water partition coefficient (Wildman–Crippen LogP) is 0.216. The first kappa shape index (κ1) is 14.5. The van der Waals surface area contributed by atoms with Gasteiger partial charge in [-0.2, -0.15) is 0 Å². The largest absolute Gasteiger partial charge is 0.481 e. The van der Waals surface area contributed by atoms with Crippen molar-refractivity contribution < 1.29 is 14.7 Å². The molecule has 1 amide bonds. The Bertz CT molecular complexity index is 328. The maximum absolute atomic E-state index is 11.2. The molecule has 1 aliphatic carbocycles. The van der Waals surface area contributed by atoms with E-state index in [2.05, 4.69) is 16.6 Å². The fraction of sp³-hybridized carbons (Fsp3) is 0.692. The van der Waals surface area contributed by atoms with Crippen LogP contribution in [-0.2, 0) is 9.59 Å². The number of carboxylic acids is 1. The zero-order valence-electron chi connectivity index (χ0n) is 10.4. The number of rotatable bonds is 6. The molecular formula is C13H20N2O3. The van der Waals surface area contributed by atoms with Crippen LogP contribution < -0.4 is 10.6 Å². The highest BCUT2D eigenvalue weighted by Gasteiger charge is 2.25. The van der Waals surface area contributed by atoms with Crippen molar-refractivity contribution in [1.29, 1.82) is 0 Å². The van der Waals surface area contributed by atoms with Crippen LogP contribution in [0, 0.1) is 24.2 Å². The van der Waals surface area contributed by atoms with Crippen LogP contribution in [-0.4, -0.2) is 36.6 Å². The van der Waals surface area contributed by atoms with Gasteiger partial charge in [0.25, 0.3) is 0 Å². The minimum atomic E-state index is -0.685. The lowest BCUT2D eigenvalue weighted by Gasteiger charge is -2.26. The Labute approximate surface area is 107 Å². The molecule has 18 heavy (non-hydrogen) atoms. The topological polar surface area (TPSA) is 78.4 Å². The third kappa shape index (κ3) is 5.19. The van der Waals surface area contributed by atoms with Crippen LogP contribution in [0.1, 0.15) is 25.7 Å². The van der Waals surface area contributed by atoms with Crippen LogP contribution in [0.2, 0.25) is 0 Å². The molecule has 0 aromatic rings. The maximum atomic E-state index is 11.2. The summed E-state index contributed by atoms with van der Waals surface area (Å²) < 4.78 is 0. The summed E-state index contributed by atoms with van der Waals surface area (Å²) in [5.41, 5.74) is 0. The molecule has 1 saturated carbocycles. The third-order valence-corrected chi connectivity index (χ3v) is 3.30. The standard InChI is InChI=1S/C13H20N2O3/c1-2-7-15-12(16)9-14-8-10-3-5-11(6-4-10)13(17)18/h1,10-11,14H,3-9H2,(H,15,16)(H,17,18). The van der Waals surface area contributed by atoms with Gasteiger partial charge in [-0.3, -0.25) is 9.59 Å². The van der Waals surface area contributed by atoms with Gasteiger partial charge in [-0.05, 0) is 38.1 Å². The Balaban J connectivity index is 2.09. The molecule has 5 heteroatoms. The summed E-state index contributed by atoms with van der Waals surface area (Å²) in [6.45, 7) is 1.28. The van der Waals surface area contributed by atoms with E-state index in [1.807, 2.05) is 0 Å². The molecule has 0 aromatic heterocycles. The van der Waals surface area contributed by atoms with E-state index in [1.165, 1.54) is 0 Å². The summed E-state index contributed by atoms with van der Waals surface area (Å²) in [5, 5.41) is 14.5. The van der Waals surface area contributed by atoms with E-state index in [-0.39, 0.29) is 24.9 Å². The predicted molar refractivity (Wildman–Crippen MR) is 67.8 cm³/mol. The fourth-order valence-electron chi connectivity index (χ4n) is 2.22. The Morgan fingerprint density at radius 3 is 2.50 bits per heavy atom. The number of aliphatic carboxylic acids is 1. The first-order valence-corrected chi connectivity index (χ1v) is 6.27. The molecule has 1 aliphatic rings. The number of nitrogens with one attached hydrogen (secondary N) is 2. The second kappa shape index (κ2) is 7.72. The highest BCUT2D eigenvalue weighted by Crippen LogP contribution is 2.28. The summed E-state index contributed by atoms with van der Waals surface area (Å²) >= 11 is 0. The molecule has 1 rings (SSSR count). The molecule has 0 aliphatic heterocycles. The molecule has 0 radical (unpaired) electrons. The van der Waals surface area contributed by atoms with E-state index in [1.54, 1.807) is 0 Å². The van der Waals surface area contributed by atoms with Gasteiger partial charge in [0, 0.05) is 0 Å². The molecule has 0 saturated heterocycles. The summed E-state index contributed by atoms with van der Waals surface area (Å²) in [6.07, 6.45) is 8.33. The molecule has 100 valence electrons. The maximum Gasteiger partial charge on any atom is 0.306 e. The number of hydrogen-bond acceptors (Lipinski definition) is 3. The first-order chi connectivity index (χ1) is 8.63. The van der Waals surface area contributed by atoms with Crippen molar-refractivity contribution in [2.24, 2.45) is 11.8 Å². The Kier molecular flexibility index (Phi) is 6.23. The van der Waals surface area contributed by atoms with Gasteiger partial charge in [0.15, 0.2) is 0 Å². The second-order valence-electron chi connectivity index (χ2n) is 4.67. The normalized spacial score (nSPS) is 23.1. The van der Waals surface area contributed by atoms with Gasteiger partial charge in [-0.25, -0.2) is 0 Å². The number of amides is 1. The van der Waals surface area contributed by atoms with E-state index in [9.17, 15) is 9.59 Å². The van der Waals surface area contributed by atoms with Crippen LogP contribution >= 0.6 is 0 Å². The van der Waals surface area contributed by atoms with E-state index >= 15 is 0 Å². The zero-order chi connectivity index (χ0) is 13.4.